The van der Waals surface area contributed by atoms with E-state index in [1.54, 1.807) is 4.90 Å². The zero-order valence-corrected chi connectivity index (χ0v) is 10.9. The SMILES string of the molecule is CCN1CN(c2cc(C)nc(C)c2C#N)CC1=O. The normalized spacial score (nSPS) is 15.1. The molecule has 0 unspecified atom stereocenters. The number of nitriles is 1. The van der Waals surface area contributed by atoms with E-state index in [0.717, 1.165) is 17.1 Å². The first kappa shape index (κ1) is 12.4. The van der Waals surface area contributed by atoms with Gasteiger partial charge in [-0.15, -0.1) is 0 Å². The molecule has 0 aromatic carbocycles. The highest BCUT2D eigenvalue weighted by Crippen LogP contribution is 2.25. The summed E-state index contributed by atoms with van der Waals surface area (Å²) in [6, 6.07) is 4.05. The molecule has 0 N–H and O–H groups in total. The molecule has 1 aromatic rings. The summed E-state index contributed by atoms with van der Waals surface area (Å²) in [4.78, 5) is 19.7. The molecule has 0 spiro atoms. The Labute approximate surface area is 107 Å². The number of aryl methyl sites for hydroxylation is 2. The summed E-state index contributed by atoms with van der Waals surface area (Å²) in [6.45, 7) is 7.26. The number of amides is 1. The number of carbonyl (C=O) groups excluding carboxylic acids is 1. The second kappa shape index (κ2) is 4.65. The van der Waals surface area contributed by atoms with Crippen molar-refractivity contribution in [2.45, 2.75) is 20.8 Å². The summed E-state index contributed by atoms with van der Waals surface area (Å²) in [6.07, 6.45) is 0. The van der Waals surface area contributed by atoms with Crippen molar-refractivity contribution < 1.29 is 4.79 Å². The zero-order valence-electron chi connectivity index (χ0n) is 10.9. The molecule has 1 aliphatic rings. The highest BCUT2D eigenvalue weighted by molar-refractivity contribution is 5.85. The van der Waals surface area contributed by atoms with E-state index in [4.69, 9.17) is 0 Å². The Hall–Kier alpha value is -2.09. The predicted octanol–water partition coefficient (Wildman–Crippen LogP) is 1.20. The summed E-state index contributed by atoms with van der Waals surface area (Å²) in [5.74, 6) is 0.105. The average Bonchev–Trinajstić information content (AvgIpc) is 2.69. The third kappa shape index (κ3) is 2.02. The van der Waals surface area contributed by atoms with Crippen LogP contribution in [0, 0.1) is 25.2 Å². The van der Waals surface area contributed by atoms with Gasteiger partial charge in [0, 0.05) is 12.2 Å². The number of hydrogen-bond donors (Lipinski definition) is 0. The van der Waals surface area contributed by atoms with Crippen LogP contribution in [0.2, 0.25) is 0 Å². The predicted molar refractivity (Wildman–Crippen MR) is 68.0 cm³/mol. The number of hydrogen-bond acceptors (Lipinski definition) is 4. The van der Waals surface area contributed by atoms with Gasteiger partial charge in [-0.3, -0.25) is 9.78 Å². The molecule has 94 valence electrons. The van der Waals surface area contributed by atoms with Crippen molar-refractivity contribution in [1.29, 1.82) is 5.26 Å². The van der Waals surface area contributed by atoms with E-state index in [1.807, 2.05) is 31.7 Å². The van der Waals surface area contributed by atoms with Gasteiger partial charge >= 0.3 is 0 Å². The quantitative estimate of drug-likeness (QED) is 0.784. The molecular weight excluding hydrogens is 228 g/mol. The van der Waals surface area contributed by atoms with Gasteiger partial charge in [-0.25, -0.2) is 0 Å². The number of anilines is 1. The molecule has 1 aromatic heterocycles. The molecule has 2 heterocycles. The van der Waals surface area contributed by atoms with Crippen LogP contribution >= 0.6 is 0 Å². The number of aromatic nitrogens is 1. The Balaban J connectivity index is 2.41. The molecule has 1 amide bonds. The summed E-state index contributed by atoms with van der Waals surface area (Å²) in [7, 11) is 0. The Kier molecular flexibility index (Phi) is 3.19. The number of nitrogens with zero attached hydrogens (tertiary/aromatic N) is 4. The summed E-state index contributed by atoms with van der Waals surface area (Å²) in [5, 5.41) is 9.22. The molecule has 1 aliphatic heterocycles. The molecule has 0 aliphatic carbocycles. The zero-order chi connectivity index (χ0) is 13.3. The maximum absolute atomic E-state index is 11.7. The third-order valence-corrected chi connectivity index (χ3v) is 3.16. The van der Waals surface area contributed by atoms with Crippen LogP contribution in [0.25, 0.3) is 0 Å². The highest BCUT2D eigenvalue weighted by atomic mass is 16.2. The minimum absolute atomic E-state index is 0.105. The van der Waals surface area contributed by atoms with Gasteiger partial charge in [0.05, 0.1) is 30.2 Å². The molecule has 0 saturated carbocycles. The standard InChI is InChI=1S/C13H16N4O/c1-4-16-8-17(7-13(16)18)12-5-9(2)15-10(3)11(12)6-14/h5H,4,7-8H2,1-3H3. The lowest BCUT2D eigenvalue weighted by atomic mass is 10.1. The van der Waals surface area contributed by atoms with Crippen molar-refractivity contribution in [3.8, 4) is 6.07 Å². The molecule has 0 radical (unpaired) electrons. The largest absolute Gasteiger partial charge is 0.343 e. The van der Waals surface area contributed by atoms with Gasteiger partial charge in [0.15, 0.2) is 0 Å². The van der Waals surface area contributed by atoms with Gasteiger partial charge in [0.25, 0.3) is 0 Å². The van der Waals surface area contributed by atoms with E-state index in [0.29, 0.717) is 25.3 Å². The summed E-state index contributed by atoms with van der Waals surface area (Å²) >= 11 is 0. The van der Waals surface area contributed by atoms with Crippen LogP contribution in [0.5, 0.6) is 0 Å². The van der Waals surface area contributed by atoms with Crippen LogP contribution in [0.1, 0.15) is 23.9 Å². The third-order valence-electron chi connectivity index (χ3n) is 3.16. The van der Waals surface area contributed by atoms with Crippen LogP contribution in [0.15, 0.2) is 6.07 Å². The first-order valence-electron chi connectivity index (χ1n) is 5.98. The molecular formula is C13H16N4O. The minimum Gasteiger partial charge on any atom is -0.343 e. The van der Waals surface area contributed by atoms with Crippen molar-refractivity contribution in [3.05, 3.63) is 23.0 Å². The van der Waals surface area contributed by atoms with Crippen molar-refractivity contribution in [1.82, 2.24) is 9.88 Å². The van der Waals surface area contributed by atoms with E-state index in [-0.39, 0.29) is 5.91 Å². The van der Waals surface area contributed by atoms with Crippen LogP contribution in [0.4, 0.5) is 5.69 Å². The topological polar surface area (TPSA) is 60.2 Å². The lowest BCUT2D eigenvalue weighted by Gasteiger charge is -2.20. The lowest BCUT2D eigenvalue weighted by Crippen LogP contribution is -2.27. The van der Waals surface area contributed by atoms with Gasteiger partial charge in [0.2, 0.25) is 5.91 Å². The number of likely N-dealkylation sites (N-methyl/N-ethyl adjacent to an activating group) is 1. The Morgan fingerprint density at radius 2 is 2.22 bits per heavy atom. The van der Waals surface area contributed by atoms with Gasteiger partial charge in [-0.1, -0.05) is 0 Å². The average molecular weight is 244 g/mol. The fourth-order valence-electron chi connectivity index (χ4n) is 2.23. The molecule has 0 atom stereocenters. The molecule has 18 heavy (non-hydrogen) atoms. The Bertz CT molecular complexity index is 533. The molecule has 5 nitrogen and oxygen atoms in total. The fourth-order valence-corrected chi connectivity index (χ4v) is 2.23. The maximum atomic E-state index is 11.7. The van der Waals surface area contributed by atoms with E-state index >= 15 is 0 Å². The minimum atomic E-state index is 0.105. The molecule has 2 rings (SSSR count). The first-order valence-corrected chi connectivity index (χ1v) is 5.98. The Morgan fingerprint density at radius 3 is 2.78 bits per heavy atom. The van der Waals surface area contributed by atoms with Crippen molar-refractivity contribution in [2.75, 3.05) is 24.7 Å². The first-order chi connectivity index (χ1) is 8.56. The van der Waals surface area contributed by atoms with Gasteiger partial charge in [-0.05, 0) is 26.8 Å². The summed E-state index contributed by atoms with van der Waals surface area (Å²) < 4.78 is 0. The van der Waals surface area contributed by atoms with Crippen molar-refractivity contribution >= 4 is 11.6 Å². The number of carbonyl (C=O) groups is 1. The Morgan fingerprint density at radius 1 is 1.50 bits per heavy atom. The molecule has 1 fully saturated rings. The number of pyridine rings is 1. The van der Waals surface area contributed by atoms with E-state index in [1.165, 1.54) is 0 Å². The van der Waals surface area contributed by atoms with Crippen LogP contribution < -0.4 is 4.90 Å². The van der Waals surface area contributed by atoms with Crippen LogP contribution in [-0.4, -0.2) is 35.5 Å². The second-order valence-corrected chi connectivity index (χ2v) is 4.44. The van der Waals surface area contributed by atoms with E-state index < -0.39 is 0 Å². The second-order valence-electron chi connectivity index (χ2n) is 4.44. The van der Waals surface area contributed by atoms with Crippen molar-refractivity contribution in [2.24, 2.45) is 0 Å². The molecule has 0 bridgehead atoms. The smallest absolute Gasteiger partial charge is 0.243 e. The van der Waals surface area contributed by atoms with Crippen LogP contribution in [-0.2, 0) is 4.79 Å². The lowest BCUT2D eigenvalue weighted by molar-refractivity contribution is -0.126. The maximum Gasteiger partial charge on any atom is 0.243 e. The molecule has 5 heteroatoms. The monoisotopic (exact) mass is 244 g/mol. The van der Waals surface area contributed by atoms with Gasteiger partial charge in [0.1, 0.15) is 6.07 Å². The van der Waals surface area contributed by atoms with Gasteiger partial charge < -0.3 is 9.80 Å². The van der Waals surface area contributed by atoms with Gasteiger partial charge in [-0.2, -0.15) is 5.26 Å². The van der Waals surface area contributed by atoms with Crippen molar-refractivity contribution in [3.63, 3.8) is 0 Å². The fraction of sp³-hybridized carbons (Fsp3) is 0.462. The number of rotatable bonds is 2. The van der Waals surface area contributed by atoms with E-state index in [2.05, 4.69) is 11.1 Å². The molecule has 1 saturated heterocycles. The van der Waals surface area contributed by atoms with E-state index in [9.17, 15) is 10.1 Å². The van der Waals surface area contributed by atoms with Crippen LogP contribution in [0.3, 0.4) is 0 Å². The highest BCUT2D eigenvalue weighted by Gasteiger charge is 2.28. The summed E-state index contributed by atoms with van der Waals surface area (Å²) in [5.41, 5.74) is 2.96.